The van der Waals surface area contributed by atoms with E-state index in [2.05, 4.69) is 15.1 Å². The maximum atomic E-state index is 12.3. The van der Waals surface area contributed by atoms with Gasteiger partial charge < -0.3 is 26.4 Å². The molecule has 1 heterocycles. The van der Waals surface area contributed by atoms with Crippen molar-refractivity contribution in [2.75, 3.05) is 16.9 Å². The van der Waals surface area contributed by atoms with Crippen molar-refractivity contribution in [3.63, 3.8) is 0 Å². The lowest BCUT2D eigenvalue weighted by Gasteiger charge is -2.14. The van der Waals surface area contributed by atoms with Crippen molar-refractivity contribution >= 4 is 17.3 Å². The van der Waals surface area contributed by atoms with Gasteiger partial charge in [-0.3, -0.25) is 0 Å². The molecule has 0 amide bonds. The van der Waals surface area contributed by atoms with Crippen LogP contribution in [0.4, 0.5) is 26.1 Å². The van der Waals surface area contributed by atoms with Gasteiger partial charge in [-0.15, -0.1) is 0 Å². The second kappa shape index (κ2) is 6.76. The van der Waals surface area contributed by atoms with Crippen LogP contribution in [0.2, 0.25) is 0 Å². The quantitative estimate of drug-likeness (QED) is 0.473. The highest BCUT2D eigenvalue weighted by molar-refractivity contribution is 5.71. The van der Waals surface area contributed by atoms with E-state index >= 15 is 0 Å². The van der Waals surface area contributed by atoms with Gasteiger partial charge in [0, 0.05) is 11.6 Å². The van der Waals surface area contributed by atoms with E-state index < -0.39 is 6.61 Å². The summed E-state index contributed by atoms with van der Waals surface area (Å²) in [7, 11) is 0. The van der Waals surface area contributed by atoms with Crippen LogP contribution in [0.5, 0.6) is 11.5 Å². The maximum Gasteiger partial charge on any atom is 0.387 e. The molecule has 0 aliphatic heterocycles. The van der Waals surface area contributed by atoms with Gasteiger partial charge in [0.2, 0.25) is 0 Å². The first-order chi connectivity index (χ1) is 10.5. The highest BCUT2D eigenvalue weighted by Gasteiger charge is 2.12. The molecule has 0 saturated heterocycles. The minimum Gasteiger partial charge on any atom is -0.486 e. The SMILES string of the molecule is NNc1nc(N)cc(OCc2ccccc2OC(F)F)c1N. The van der Waals surface area contributed by atoms with Crippen LogP contribution in [0.3, 0.4) is 0 Å². The van der Waals surface area contributed by atoms with E-state index in [1.807, 2.05) is 0 Å². The zero-order valence-electron chi connectivity index (χ0n) is 11.4. The summed E-state index contributed by atoms with van der Waals surface area (Å²) in [6.07, 6.45) is 0. The van der Waals surface area contributed by atoms with Crippen molar-refractivity contribution < 1.29 is 18.3 Å². The van der Waals surface area contributed by atoms with Crippen LogP contribution >= 0.6 is 0 Å². The number of hydrogen-bond donors (Lipinski definition) is 4. The van der Waals surface area contributed by atoms with Crippen molar-refractivity contribution in [1.29, 1.82) is 0 Å². The lowest BCUT2D eigenvalue weighted by atomic mass is 10.2. The second-order valence-corrected chi connectivity index (χ2v) is 4.23. The monoisotopic (exact) mass is 311 g/mol. The minimum atomic E-state index is -2.92. The average Bonchev–Trinajstić information content (AvgIpc) is 2.48. The molecule has 1 aromatic heterocycles. The minimum absolute atomic E-state index is 0.0234. The molecule has 0 spiro atoms. The van der Waals surface area contributed by atoms with E-state index in [0.717, 1.165) is 0 Å². The van der Waals surface area contributed by atoms with Crippen LogP contribution < -0.4 is 32.2 Å². The third-order valence-corrected chi connectivity index (χ3v) is 2.75. The Balaban J connectivity index is 2.19. The molecule has 7 N–H and O–H groups in total. The number of nitrogen functional groups attached to an aromatic ring is 3. The van der Waals surface area contributed by atoms with E-state index in [1.54, 1.807) is 18.2 Å². The van der Waals surface area contributed by atoms with Gasteiger partial charge in [-0.05, 0) is 6.07 Å². The molecule has 9 heteroatoms. The summed E-state index contributed by atoms with van der Waals surface area (Å²) in [5.74, 6) is 5.83. The standard InChI is InChI=1S/C13H15F2N5O2/c14-13(15)22-8-4-2-1-3-7(8)6-21-9-5-10(16)19-12(20-18)11(9)17/h1-5,13H,6,17-18H2,(H3,16,19,20). The number of hydrogen-bond acceptors (Lipinski definition) is 7. The van der Waals surface area contributed by atoms with E-state index in [0.29, 0.717) is 5.56 Å². The zero-order valence-corrected chi connectivity index (χ0v) is 11.4. The molecule has 1 aromatic carbocycles. The topological polar surface area (TPSA) is 121 Å². The first-order valence-electron chi connectivity index (χ1n) is 6.19. The number of hydrazine groups is 1. The molecule has 2 rings (SSSR count). The van der Waals surface area contributed by atoms with Gasteiger partial charge in [0.05, 0.1) is 0 Å². The molecule has 0 aliphatic carbocycles. The Labute approximate surface area is 125 Å². The predicted octanol–water partition coefficient (Wildman–Crippen LogP) is 1.71. The molecule has 0 aliphatic rings. The molecule has 0 radical (unpaired) electrons. The molecule has 0 atom stereocenters. The predicted molar refractivity (Wildman–Crippen MR) is 78.3 cm³/mol. The van der Waals surface area contributed by atoms with Crippen molar-refractivity contribution in [1.82, 2.24) is 4.98 Å². The number of benzene rings is 1. The number of halogens is 2. The molecule has 0 unspecified atom stereocenters. The number of nitrogens with zero attached hydrogens (tertiary/aromatic N) is 1. The molecule has 7 nitrogen and oxygen atoms in total. The van der Waals surface area contributed by atoms with Gasteiger partial charge in [0.1, 0.15) is 29.6 Å². The number of nitrogens with two attached hydrogens (primary N) is 3. The fourth-order valence-corrected chi connectivity index (χ4v) is 1.77. The van der Waals surface area contributed by atoms with Crippen molar-refractivity contribution in [2.24, 2.45) is 5.84 Å². The number of para-hydroxylation sites is 1. The van der Waals surface area contributed by atoms with E-state index in [1.165, 1.54) is 12.1 Å². The number of ether oxygens (including phenoxy) is 2. The average molecular weight is 311 g/mol. The second-order valence-electron chi connectivity index (χ2n) is 4.23. The van der Waals surface area contributed by atoms with Gasteiger partial charge in [-0.1, -0.05) is 18.2 Å². The summed E-state index contributed by atoms with van der Waals surface area (Å²) in [6, 6.07) is 7.68. The molecule has 0 bridgehead atoms. The van der Waals surface area contributed by atoms with E-state index in [4.69, 9.17) is 22.0 Å². The third kappa shape index (κ3) is 3.64. The van der Waals surface area contributed by atoms with Crippen molar-refractivity contribution in [2.45, 2.75) is 13.2 Å². The molecule has 0 fully saturated rings. The van der Waals surface area contributed by atoms with Crippen LogP contribution in [-0.2, 0) is 6.61 Å². The Morgan fingerprint density at radius 1 is 1.18 bits per heavy atom. The maximum absolute atomic E-state index is 12.3. The summed E-state index contributed by atoms with van der Waals surface area (Å²) in [6.45, 7) is -2.96. The Morgan fingerprint density at radius 2 is 1.91 bits per heavy atom. The first kappa shape index (κ1) is 15.6. The Morgan fingerprint density at radius 3 is 2.59 bits per heavy atom. The number of pyridine rings is 1. The molecule has 118 valence electrons. The van der Waals surface area contributed by atoms with Crippen LogP contribution in [0.1, 0.15) is 5.56 Å². The van der Waals surface area contributed by atoms with Crippen molar-refractivity contribution in [3.8, 4) is 11.5 Å². The van der Waals surface area contributed by atoms with Crippen LogP contribution in [0.25, 0.3) is 0 Å². The number of rotatable bonds is 6. The summed E-state index contributed by atoms with van der Waals surface area (Å²) < 4.78 is 34.6. The largest absolute Gasteiger partial charge is 0.486 e. The molecular formula is C13H15F2N5O2. The van der Waals surface area contributed by atoms with Gasteiger partial charge >= 0.3 is 6.61 Å². The van der Waals surface area contributed by atoms with E-state index in [-0.39, 0.29) is 35.4 Å². The lowest BCUT2D eigenvalue weighted by molar-refractivity contribution is -0.0508. The first-order valence-corrected chi connectivity index (χ1v) is 6.19. The van der Waals surface area contributed by atoms with Crippen LogP contribution in [0.15, 0.2) is 30.3 Å². The highest BCUT2D eigenvalue weighted by atomic mass is 19.3. The Bertz CT molecular complexity index is 654. The van der Waals surface area contributed by atoms with Gasteiger partial charge in [-0.2, -0.15) is 8.78 Å². The molecular weight excluding hydrogens is 296 g/mol. The number of aromatic nitrogens is 1. The third-order valence-electron chi connectivity index (χ3n) is 2.75. The van der Waals surface area contributed by atoms with Crippen molar-refractivity contribution in [3.05, 3.63) is 35.9 Å². The van der Waals surface area contributed by atoms with Crippen LogP contribution in [0, 0.1) is 0 Å². The smallest absolute Gasteiger partial charge is 0.387 e. The highest BCUT2D eigenvalue weighted by Crippen LogP contribution is 2.31. The fourth-order valence-electron chi connectivity index (χ4n) is 1.77. The fraction of sp³-hybridized carbons (Fsp3) is 0.154. The van der Waals surface area contributed by atoms with Gasteiger partial charge in [0.25, 0.3) is 0 Å². The van der Waals surface area contributed by atoms with Crippen LogP contribution in [-0.4, -0.2) is 11.6 Å². The van der Waals surface area contributed by atoms with Gasteiger partial charge in [-0.25, -0.2) is 10.8 Å². The number of nitrogens with one attached hydrogen (secondary N) is 1. The van der Waals surface area contributed by atoms with E-state index in [9.17, 15) is 8.78 Å². The number of anilines is 3. The molecule has 2 aromatic rings. The Hall–Kier alpha value is -2.81. The summed E-state index contributed by atoms with van der Waals surface area (Å²) in [5, 5.41) is 0. The molecule has 0 saturated carbocycles. The zero-order chi connectivity index (χ0) is 16.1. The summed E-state index contributed by atoms with van der Waals surface area (Å²) in [4.78, 5) is 3.88. The normalized spacial score (nSPS) is 10.5. The number of alkyl halides is 2. The summed E-state index contributed by atoms with van der Waals surface area (Å²) in [5.41, 5.74) is 14.3. The molecule has 22 heavy (non-hydrogen) atoms. The summed E-state index contributed by atoms with van der Waals surface area (Å²) >= 11 is 0. The van der Waals surface area contributed by atoms with Gasteiger partial charge in [0.15, 0.2) is 5.82 Å². The lowest BCUT2D eigenvalue weighted by Crippen LogP contribution is -2.13. The Kier molecular flexibility index (Phi) is 4.79.